The number of nitrogens with one attached hydrogen (secondary N) is 1. The Kier molecular flexibility index (Phi) is 3.08. The van der Waals surface area contributed by atoms with Crippen molar-refractivity contribution in [3.05, 3.63) is 11.3 Å². The lowest BCUT2D eigenvalue weighted by atomic mass is 9.78. The van der Waals surface area contributed by atoms with Gasteiger partial charge in [0.15, 0.2) is 0 Å². The number of carboxylic acid groups (broad SMARTS) is 2. The molecule has 3 rings (SSSR count). The van der Waals surface area contributed by atoms with E-state index in [2.05, 4.69) is 5.32 Å². The summed E-state index contributed by atoms with van der Waals surface area (Å²) in [5, 5.41) is 21.1. The molecule has 0 bridgehead atoms. The number of hydrogen-bond acceptors (Lipinski definition) is 4. The third-order valence-electron chi connectivity index (χ3n) is 4.51. The van der Waals surface area contributed by atoms with E-state index in [1.807, 2.05) is 0 Å². The van der Waals surface area contributed by atoms with E-state index in [1.54, 1.807) is 0 Å². The quantitative estimate of drug-likeness (QED) is 0.577. The molecule has 0 aromatic heterocycles. The van der Waals surface area contributed by atoms with Gasteiger partial charge in [0.25, 0.3) is 5.91 Å². The minimum Gasteiger partial charge on any atom is -0.477 e. The molecule has 0 aliphatic carbocycles. The van der Waals surface area contributed by atoms with Gasteiger partial charge in [-0.2, -0.15) is 0 Å². The van der Waals surface area contributed by atoms with E-state index >= 15 is 0 Å². The number of β-lactam (4-membered cyclic amide) rings is 1. The Balaban J connectivity index is 1.95. The summed E-state index contributed by atoms with van der Waals surface area (Å²) in [6, 6.07) is -1.28. The lowest BCUT2D eigenvalue weighted by Crippen LogP contribution is -2.73. The molecule has 9 nitrogen and oxygen atoms in total. The summed E-state index contributed by atoms with van der Waals surface area (Å²) in [6.07, 6.45) is -0.744. The van der Waals surface area contributed by atoms with Gasteiger partial charge < -0.3 is 15.5 Å². The van der Waals surface area contributed by atoms with Gasteiger partial charge in [-0.3, -0.25) is 19.4 Å². The highest BCUT2D eigenvalue weighted by Crippen LogP contribution is 2.48. The van der Waals surface area contributed by atoms with Crippen molar-refractivity contribution in [2.24, 2.45) is 5.92 Å². The maximum absolute atomic E-state index is 12.2. The van der Waals surface area contributed by atoms with Crippen LogP contribution in [0.15, 0.2) is 11.3 Å². The summed E-state index contributed by atoms with van der Waals surface area (Å²) in [7, 11) is 0. The van der Waals surface area contributed by atoms with E-state index < -0.39 is 30.1 Å². The van der Waals surface area contributed by atoms with Crippen molar-refractivity contribution in [2.75, 3.05) is 13.1 Å². The Labute approximate surface area is 125 Å². The normalized spacial score (nSPS) is 29.1. The summed E-state index contributed by atoms with van der Waals surface area (Å²) in [5.74, 6) is -2.26. The molecule has 3 N–H and O–H groups in total. The number of amides is 3. The SMILES string of the molecule is CC(=O)NCC1=C(C(=O)O)N2C(=O)[C@@H]3[C@H]2C1CCN3C(=O)O. The number of carbonyl (C=O) groups excluding carboxylic acids is 2. The third-order valence-corrected chi connectivity index (χ3v) is 4.51. The molecular weight excluding hydrogens is 294 g/mol. The van der Waals surface area contributed by atoms with E-state index in [4.69, 9.17) is 5.11 Å². The number of hydrogen-bond donors (Lipinski definition) is 3. The molecule has 2 fully saturated rings. The van der Waals surface area contributed by atoms with Crippen molar-refractivity contribution in [2.45, 2.75) is 25.4 Å². The summed E-state index contributed by atoms with van der Waals surface area (Å²) in [6.45, 7) is 1.56. The van der Waals surface area contributed by atoms with Crippen LogP contribution < -0.4 is 5.32 Å². The summed E-state index contributed by atoms with van der Waals surface area (Å²) < 4.78 is 0. The van der Waals surface area contributed by atoms with Gasteiger partial charge in [-0.15, -0.1) is 0 Å². The number of aliphatic carboxylic acids is 1. The standard InChI is InChI=1S/C13H15N3O6/c1-5(17)14-4-7-6-2-3-15(13(21)22)10-8(6)16(11(10)18)9(7)12(19)20/h6,8,10H,2-4H2,1H3,(H,14,17)(H,19,20)(H,21,22)/t6?,8-,10+/m1/s1. The maximum Gasteiger partial charge on any atom is 0.408 e. The molecule has 3 heterocycles. The molecular formula is C13H15N3O6. The molecule has 22 heavy (non-hydrogen) atoms. The number of likely N-dealkylation sites (tertiary alicyclic amines) is 1. The zero-order valence-electron chi connectivity index (χ0n) is 11.8. The zero-order chi connectivity index (χ0) is 16.2. The Hall–Kier alpha value is -2.58. The molecule has 9 heteroatoms. The number of rotatable bonds is 3. The smallest absolute Gasteiger partial charge is 0.408 e. The number of carbonyl (C=O) groups is 4. The summed E-state index contributed by atoms with van der Waals surface area (Å²) in [4.78, 5) is 48.2. The van der Waals surface area contributed by atoms with Gasteiger partial charge in [-0.05, 0) is 12.0 Å². The van der Waals surface area contributed by atoms with Crippen LogP contribution in [-0.4, -0.2) is 69.1 Å². The fraction of sp³-hybridized carbons (Fsp3) is 0.538. The van der Waals surface area contributed by atoms with Crippen molar-refractivity contribution in [3.8, 4) is 0 Å². The first-order valence-corrected chi connectivity index (χ1v) is 6.88. The minimum atomic E-state index is -1.23. The Morgan fingerprint density at radius 2 is 2.00 bits per heavy atom. The van der Waals surface area contributed by atoms with Crippen LogP contribution in [0.4, 0.5) is 4.79 Å². The molecule has 0 spiro atoms. The largest absolute Gasteiger partial charge is 0.477 e. The van der Waals surface area contributed by atoms with Gasteiger partial charge >= 0.3 is 12.1 Å². The van der Waals surface area contributed by atoms with E-state index in [-0.39, 0.29) is 30.6 Å². The van der Waals surface area contributed by atoms with Gasteiger partial charge in [0.05, 0.1) is 6.04 Å². The van der Waals surface area contributed by atoms with E-state index in [0.29, 0.717) is 12.0 Å². The van der Waals surface area contributed by atoms with Crippen LogP contribution in [0.3, 0.4) is 0 Å². The molecule has 0 radical (unpaired) electrons. The average molecular weight is 309 g/mol. The van der Waals surface area contributed by atoms with Gasteiger partial charge in [-0.25, -0.2) is 9.59 Å². The van der Waals surface area contributed by atoms with Crippen LogP contribution in [0.1, 0.15) is 13.3 Å². The molecule has 3 aliphatic heterocycles. The monoisotopic (exact) mass is 309 g/mol. The van der Waals surface area contributed by atoms with Crippen LogP contribution in [-0.2, 0) is 14.4 Å². The summed E-state index contributed by atoms with van der Waals surface area (Å²) >= 11 is 0. The van der Waals surface area contributed by atoms with Crippen molar-refractivity contribution >= 4 is 23.9 Å². The van der Waals surface area contributed by atoms with Crippen LogP contribution in [0.2, 0.25) is 0 Å². The van der Waals surface area contributed by atoms with Crippen LogP contribution in [0, 0.1) is 5.92 Å². The third kappa shape index (κ3) is 1.78. The number of piperidine rings is 1. The molecule has 3 amide bonds. The van der Waals surface area contributed by atoms with Crippen molar-refractivity contribution in [1.29, 1.82) is 0 Å². The van der Waals surface area contributed by atoms with Crippen LogP contribution in [0.5, 0.6) is 0 Å². The van der Waals surface area contributed by atoms with Crippen LogP contribution in [0.25, 0.3) is 0 Å². The van der Waals surface area contributed by atoms with Crippen molar-refractivity contribution in [3.63, 3.8) is 0 Å². The fourth-order valence-corrected chi connectivity index (χ4v) is 3.66. The van der Waals surface area contributed by atoms with E-state index in [9.17, 15) is 24.3 Å². The van der Waals surface area contributed by atoms with Crippen molar-refractivity contribution < 1.29 is 29.4 Å². The molecule has 3 aliphatic rings. The summed E-state index contributed by atoms with van der Waals surface area (Å²) in [5.41, 5.74) is 0.380. The predicted molar refractivity (Wildman–Crippen MR) is 70.6 cm³/mol. The first-order valence-electron chi connectivity index (χ1n) is 6.88. The van der Waals surface area contributed by atoms with Crippen molar-refractivity contribution in [1.82, 2.24) is 15.1 Å². The lowest BCUT2D eigenvalue weighted by Gasteiger charge is -2.52. The van der Waals surface area contributed by atoms with Gasteiger partial charge in [-0.1, -0.05) is 0 Å². The second kappa shape index (κ2) is 4.72. The minimum absolute atomic E-state index is 0.0572. The maximum atomic E-state index is 12.2. The fourth-order valence-electron chi connectivity index (χ4n) is 3.66. The lowest BCUT2D eigenvalue weighted by molar-refractivity contribution is -0.161. The average Bonchev–Trinajstić information content (AvgIpc) is 2.76. The molecule has 2 saturated heterocycles. The van der Waals surface area contributed by atoms with Gasteiger partial charge in [0, 0.05) is 25.9 Å². The highest BCUT2D eigenvalue weighted by atomic mass is 16.4. The zero-order valence-corrected chi connectivity index (χ0v) is 11.8. The molecule has 1 unspecified atom stereocenters. The van der Waals surface area contributed by atoms with E-state index in [1.165, 1.54) is 11.8 Å². The number of carboxylic acids is 1. The topological polar surface area (TPSA) is 127 Å². The highest BCUT2D eigenvalue weighted by Gasteiger charge is 2.64. The van der Waals surface area contributed by atoms with Crippen LogP contribution >= 0.6 is 0 Å². The first kappa shape index (κ1) is 14.4. The van der Waals surface area contributed by atoms with E-state index in [0.717, 1.165) is 4.90 Å². The Morgan fingerprint density at radius 1 is 1.32 bits per heavy atom. The second-order valence-electron chi connectivity index (χ2n) is 5.60. The highest BCUT2D eigenvalue weighted by molar-refractivity contribution is 6.02. The Morgan fingerprint density at radius 3 is 2.55 bits per heavy atom. The molecule has 0 aromatic carbocycles. The molecule has 3 atom stereocenters. The molecule has 0 saturated carbocycles. The number of nitrogens with zero attached hydrogens (tertiary/aromatic N) is 2. The Bertz CT molecular complexity index is 627. The first-order chi connectivity index (χ1) is 10.3. The molecule has 0 aromatic rings. The molecule has 118 valence electrons. The van der Waals surface area contributed by atoms with Gasteiger partial charge in [0.1, 0.15) is 11.7 Å². The predicted octanol–water partition coefficient (Wildman–Crippen LogP) is -0.946. The second-order valence-corrected chi connectivity index (χ2v) is 5.60. The van der Waals surface area contributed by atoms with Gasteiger partial charge in [0.2, 0.25) is 5.91 Å².